The smallest absolute Gasteiger partial charge is 0.306 e. The summed E-state index contributed by atoms with van der Waals surface area (Å²) in [5.74, 6) is -0.885. The van der Waals surface area contributed by atoms with Crippen LogP contribution in [0.4, 0.5) is 0 Å². The first-order chi connectivity index (χ1) is 39.0. The van der Waals surface area contributed by atoms with Gasteiger partial charge in [-0.1, -0.05) is 311 Å². The molecule has 6 nitrogen and oxygen atoms in total. The number of carbonyl (C=O) groups is 3. The molecule has 454 valence electrons. The second-order valence-electron chi connectivity index (χ2n) is 22.4. The van der Waals surface area contributed by atoms with Gasteiger partial charge in [-0.05, 0) is 96.3 Å². The van der Waals surface area contributed by atoms with Crippen LogP contribution in [0, 0.1) is 0 Å². The number of allylic oxidation sites excluding steroid dienone is 16. The predicted octanol–water partition coefficient (Wildman–Crippen LogP) is 23.2. The Bertz CT molecular complexity index is 1540. The van der Waals surface area contributed by atoms with Crippen LogP contribution in [0.15, 0.2) is 97.2 Å². The molecule has 0 fully saturated rings. The Morgan fingerprint density at radius 3 is 0.823 bits per heavy atom. The van der Waals surface area contributed by atoms with Crippen molar-refractivity contribution in [3.63, 3.8) is 0 Å². The first-order valence-corrected chi connectivity index (χ1v) is 33.7. The number of esters is 3. The minimum atomic E-state index is -0.785. The fourth-order valence-electron chi connectivity index (χ4n) is 9.55. The summed E-state index contributed by atoms with van der Waals surface area (Å²) in [6.45, 7) is 6.49. The summed E-state index contributed by atoms with van der Waals surface area (Å²) in [5, 5.41) is 0. The first-order valence-electron chi connectivity index (χ1n) is 33.7. The predicted molar refractivity (Wildman–Crippen MR) is 344 cm³/mol. The molecule has 1 unspecified atom stereocenters. The average molecular weight is 1100 g/mol. The quantitative estimate of drug-likeness (QED) is 0.0261. The monoisotopic (exact) mass is 1100 g/mol. The standard InChI is InChI=1S/C73H126O6/c1-4-7-10-13-16-19-22-25-27-29-31-32-33-34-35-36-37-38-39-40-42-43-45-48-51-54-57-60-63-66-72(75)78-69-70(68-77-71(74)65-62-59-56-53-50-47-24-21-18-15-12-9-6-3)79-73(76)67-64-61-58-55-52-49-46-44-41-30-28-26-23-20-17-14-11-8-5-2/h7,10,12,15-16,19,21,24-25,27,31-32,34-35,37-38,70H,4-6,8-9,11,13-14,17-18,20,22-23,26,28-30,33,36,39-69H2,1-3H3/b10-7-,15-12-,19-16-,24-21-,27-25-,32-31-,35-34-,38-37-. The normalized spacial score (nSPS) is 12.7. The average Bonchev–Trinajstić information content (AvgIpc) is 3.45. The lowest BCUT2D eigenvalue weighted by atomic mass is 10.0. The Morgan fingerprint density at radius 1 is 0.266 bits per heavy atom. The third-order valence-corrected chi connectivity index (χ3v) is 14.6. The Kier molecular flexibility index (Phi) is 63.7. The SMILES string of the molecule is CC/C=C\C/C=C\C/C=C\C/C=C\C/C=C\C/C=C\CCCCCCCCCCCCC(=O)OCC(COC(=O)CCCCCCC/C=C\C/C=C\CCC)OC(=O)CCCCCCCCCCCCCCCCCCCCC. The number of hydrogen-bond acceptors (Lipinski definition) is 6. The van der Waals surface area contributed by atoms with E-state index in [4.69, 9.17) is 14.2 Å². The van der Waals surface area contributed by atoms with Crippen LogP contribution < -0.4 is 0 Å². The summed E-state index contributed by atoms with van der Waals surface area (Å²) in [6.07, 6.45) is 89.9. The highest BCUT2D eigenvalue weighted by atomic mass is 16.6. The largest absolute Gasteiger partial charge is 0.462 e. The Labute approximate surface area is 489 Å². The van der Waals surface area contributed by atoms with E-state index in [1.54, 1.807) is 0 Å². The van der Waals surface area contributed by atoms with Crippen molar-refractivity contribution in [3.05, 3.63) is 97.2 Å². The van der Waals surface area contributed by atoms with Crippen molar-refractivity contribution in [1.82, 2.24) is 0 Å². The number of ether oxygens (including phenoxy) is 3. The molecule has 0 saturated heterocycles. The Hall–Kier alpha value is -3.67. The van der Waals surface area contributed by atoms with E-state index in [0.29, 0.717) is 19.3 Å². The lowest BCUT2D eigenvalue weighted by Gasteiger charge is -2.18. The van der Waals surface area contributed by atoms with Crippen LogP contribution in [0.3, 0.4) is 0 Å². The zero-order valence-electron chi connectivity index (χ0n) is 52.1. The third-order valence-electron chi connectivity index (χ3n) is 14.6. The van der Waals surface area contributed by atoms with Gasteiger partial charge in [-0.2, -0.15) is 0 Å². The third kappa shape index (κ3) is 65.0. The van der Waals surface area contributed by atoms with Crippen molar-refractivity contribution in [2.75, 3.05) is 13.2 Å². The molecule has 0 aromatic carbocycles. The fourth-order valence-corrected chi connectivity index (χ4v) is 9.55. The molecule has 0 aliphatic heterocycles. The van der Waals surface area contributed by atoms with Crippen LogP contribution in [0.1, 0.15) is 329 Å². The maximum absolute atomic E-state index is 12.9. The van der Waals surface area contributed by atoms with Gasteiger partial charge in [0.1, 0.15) is 13.2 Å². The van der Waals surface area contributed by atoms with Crippen LogP contribution in [0.2, 0.25) is 0 Å². The summed E-state index contributed by atoms with van der Waals surface area (Å²) in [4.78, 5) is 38.4. The van der Waals surface area contributed by atoms with Crippen LogP contribution in [-0.4, -0.2) is 37.2 Å². The van der Waals surface area contributed by atoms with E-state index in [1.165, 1.54) is 167 Å². The van der Waals surface area contributed by atoms with E-state index in [9.17, 15) is 14.4 Å². The first kappa shape index (κ1) is 75.3. The molecular weight excluding hydrogens is 973 g/mol. The minimum Gasteiger partial charge on any atom is -0.462 e. The van der Waals surface area contributed by atoms with Gasteiger partial charge in [0, 0.05) is 19.3 Å². The second kappa shape index (κ2) is 66.8. The summed E-state index contributed by atoms with van der Waals surface area (Å²) in [5.41, 5.74) is 0. The van der Waals surface area contributed by atoms with Gasteiger partial charge in [-0.3, -0.25) is 14.4 Å². The number of rotatable bonds is 61. The second-order valence-corrected chi connectivity index (χ2v) is 22.4. The van der Waals surface area contributed by atoms with Crippen molar-refractivity contribution in [1.29, 1.82) is 0 Å². The molecule has 0 heterocycles. The van der Waals surface area contributed by atoms with Gasteiger partial charge in [0.2, 0.25) is 0 Å². The molecule has 0 radical (unpaired) electrons. The van der Waals surface area contributed by atoms with Gasteiger partial charge in [0.25, 0.3) is 0 Å². The van der Waals surface area contributed by atoms with E-state index >= 15 is 0 Å². The van der Waals surface area contributed by atoms with E-state index < -0.39 is 6.10 Å². The lowest BCUT2D eigenvalue weighted by Crippen LogP contribution is -2.30. The Balaban J connectivity index is 4.28. The zero-order valence-corrected chi connectivity index (χ0v) is 52.1. The fraction of sp³-hybridized carbons (Fsp3) is 0.740. The number of hydrogen-bond donors (Lipinski definition) is 0. The van der Waals surface area contributed by atoms with Crippen LogP contribution in [0.25, 0.3) is 0 Å². The maximum Gasteiger partial charge on any atom is 0.306 e. The minimum absolute atomic E-state index is 0.0814. The van der Waals surface area contributed by atoms with Crippen molar-refractivity contribution in [3.8, 4) is 0 Å². The molecular formula is C73H126O6. The van der Waals surface area contributed by atoms with Crippen molar-refractivity contribution in [2.24, 2.45) is 0 Å². The summed E-state index contributed by atoms with van der Waals surface area (Å²) in [7, 11) is 0. The van der Waals surface area contributed by atoms with Gasteiger partial charge in [0.15, 0.2) is 6.10 Å². The molecule has 6 heteroatoms. The van der Waals surface area contributed by atoms with Crippen LogP contribution >= 0.6 is 0 Å². The van der Waals surface area contributed by atoms with Gasteiger partial charge in [0.05, 0.1) is 0 Å². The number of unbranched alkanes of at least 4 members (excludes halogenated alkanes) is 34. The topological polar surface area (TPSA) is 78.9 Å². The maximum atomic E-state index is 12.9. The molecule has 0 aliphatic rings. The summed E-state index contributed by atoms with van der Waals surface area (Å²) >= 11 is 0. The molecule has 0 spiro atoms. The van der Waals surface area contributed by atoms with Crippen molar-refractivity contribution < 1.29 is 28.6 Å². The van der Waals surface area contributed by atoms with Crippen molar-refractivity contribution in [2.45, 2.75) is 335 Å². The van der Waals surface area contributed by atoms with Gasteiger partial charge >= 0.3 is 17.9 Å². The molecule has 0 amide bonds. The Morgan fingerprint density at radius 2 is 0.519 bits per heavy atom. The lowest BCUT2D eigenvalue weighted by molar-refractivity contribution is -0.167. The highest BCUT2D eigenvalue weighted by molar-refractivity contribution is 5.71. The molecule has 0 N–H and O–H groups in total. The highest BCUT2D eigenvalue weighted by Gasteiger charge is 2.19. The molecule has 0 bridgehead atoms. The van der Waals surface area contributed by atoms with E-state index in [0.717, 1.165) is 122 Å². The molecule has 1 atom stereocenters. The molecule has 0 aliphatic carbocycles. The molecule has 0 rings (SSSR count). The number of carbonyl (C=O) groups excluding carboxylic acids is 3. The summed E-state index contributed by atoms with van der Waals surface area (Å²) in [6, 6.07) is 0. The van der Waals surface area contributed by atoms with Crippen LogP contribution in [-0.2, 0) is 28.6 Å². The summed E-state index contributed by atoms with van der Waals surface area (Å²) < 4.78 is 16.9. The van der Waals surface area contributed by atoms with Crippen LogP contribution in [0.5, 0.6) is 0 Å². The van der Waals surface area contributed by atoms with Gasteiger partial charge in [-0.15, -0.1) is 0 Å². The van der Waals surface area contributed by atoms with Gasteiger partial charge in [-0.25, -0.2) is 0 Å². The van der Waals surface area contributed by atoms with Gasteiger partial charge < -0.3 is 14.2 Å². The highest BCUT2D eigenvalue weighted by Crippen LogP contribution is 2.17. The van der Waals surface area contributed by atoms with Crippen molar-refractivity contribution >= 4 is 17.9 Å². The van der Waals surface area contributed by atoms with E-state index in [1.807, 2.05) is 0 Å². The van der Waals surface area contributed by atoms with E-state index in [2.05, 4.69) is 118 Å². The van der Waals surface area contributed by atoms with E-state index in [-0.39, 0.29) is 31.1 Å². The molecule has 79 heavy (non-hydrogen) atoms. The molecule has 0 aromatic heterocycles. The molecule has 0 aromatic rings. The molecule has 0 saturated carbocycles. The zero-order chi connectivity index (χ0) is 57.1.